The van der Waals surface area contributed by atoms with Gasteiger partial charge in [0, 0.05) is 18.8 Å². The van der Waals surface area contributed by atoms with Crippen LogP contribution in [0.5, 0.6) is 0 Å². The van der Waals surface area contributed by atoms with Gasteiger partial charge in [0.1, 0.15) is 0 Å². The third-order valence-electron chi connectivity index (χ3n) is 2.41. The van der Waals surface area contributed by atoms with Gasteiger partial charge in [0.05, 0.1) is 10.0 Å². The van der Waals surface area contributed by atoms with Gasteiger partial charge < -0.3 is 0 Å². The molecule has 18 heavy (non-hydrogen) atoms. The Labute approximate surface area is 115 Å². The van der Waals surface area contributed by atoms with Crippen molar-refractivity contribution in [1.29, 1.82) is 0 Å². The van der Waals surface area contributed by atoms with E-state index in [1.54, 1.807) is 30.6 Å². The van der Waals surface area contributed by atoms with Crippen LogP contribution in [0.3, 0.4) is 0 Å². The van der Waals surface area contributed by atoms with E-state index in [-0.39, 0.29) is 18.0 Å². The number of hydrogen-bond donors (Lipinski definition) is 0. The molecule has 0 saturated carbocycles. The second kappa shape index (κ2) is 5.46. The first-order valence-electron chi connectivity index (χ1n) is 5.32. The highest BCUT2D eigenvalue weighted by Crippen LogP contribution is 2.26. The Hall–Kier alpha value is -1.45. The van der Waals surface area contributed by atoms with E-state index in [0.29, 0.717) is 15.6 Å². The number of benzene rings is 1. The molecule has 2 aromatic rings. The molecule has 92 valence electrons. The second-order valence-corrected chi connectivity index (χ2v) is 4.68. The number of halogens is 2. The maximum Gasteiger partial charge on any atom is 0.204 e. The van der Waals surface area contributed by atoms with Crippen molar-refractivity contribution in [3.8, 4) is 0 Å². The number of ketones is 1. The predicted octanol–water partition coefficient (Wildman–Crippen LogP) is 3.52. The largest absolute Gasteiger partial charge is 0.290 e. The molecular formula is C13H10Cl2N2O. The Morgan fingerprint density at radius 3 is 2.56 bits per heavy atom. The summed E-state index contributed by atoms with van der Waals surface area (Å²) in [6.45, 7) is 1.86. The van der Waals surface area contributed by atoms with Crippen LogP contribution in [0.25, 0.3) is 0 Å². The molecular weight excluding hydrogens is 271 g/mol. The van der Waals surface area contributed by atoms with Crippen LogP contribution < -0.4 is 0 Å². The number of rotatable bonds is 3. The van der Waals surface area contributed by atoms with Gasteiger partial charge >= 0.3 is 0 Å². The molecule has 1 aromatic heterocycles. The number of carbonyl (C=O) groups is 1. The highest BCUT2D eigenvalue weighted by atomic mass is 35.5. The van der Waals surface area contributed by atoms with E-state index < -0.39 is 0 Å². The minimum absolute atomic E-state index is 0.141. The average molecular weight is 281 g/mol. The Kier molecular flexibility index (Phi) is 3.94. The van der Waals surface area contributed by atoms with Crippen LogP contribution in [0.4, 0.5) is 0 Å². The molecule has 0 bridgehead atoms. The maximum atomic E-state index is 12.0. The molecule has 0 fully saturated rings. The molecule has 0 aliphatic rings. The minimum Gasteiger partial charge on any atom is -0.290 e. The summed E-state index contributed by atoms with van der Waals surface area (Å²) >= 11 is 11.9. The molecule has 5 heteroatoms. The zero-order valence-corrected chi connectivity index (χ0v) is 11.2. The molecule has 0 atom stereocenters. The predicted molar refractivity (Wildman–Crippen MR) is 71.3 cm³/mol. The van der Waals surface area contributed by atoms with Gasteiger partial charge in [0.15, 0.2) is 5.82 Å². The molecule has 0 unspecified atom stereocenters. The lowest BCUT2D eigenvalue weighted by atomic mass is 10.1. The molecule has 0 N–H and O–H groups in total. The SMILES string of the molecule is Cc1cnc(C(=O)Cc2cccc(Cl)c2Cl)nc1. The van der Waals surface area contributed by atoms with Crippen molar-refractivity contribution in [3.05, 3.63) is 57.6 Å². The monoisotopic (exact) mass is 280 g/mol. The molecule has 0 radical (unpaired) electrons. The highest BCUT2D eigenvalue weighted by Gasteiger charge is 2.13. The maximum absolute atomic E-state index is 12.0. The first kappa shape index (κ1) is 13.0. The molecule has 0 aliphatic carbocycles. The molecule has 2 rings (SSSR count). The Bertz CT molecular complexity index is 582. The molecule has 0 spiro atoms. The van der Waals surface area contributed by atoms with Gasteiger partial charge in [-0.2, -0.15) is 0 Å². The van der Waals surface area contributed by atoms with Gasteiger partial charge in [-0.25, -0.2) is 9.97 Å². The number of hydrogen-bond acceptors (Lipinski definition) is 3. The lowest BCUT2D eigenvalue weighted by Crippen LogP contribution is -2.09. The van der Waals surface area contributed by atoms with Crippen molar-refractivity contribution >= 4 is 29.0 Å². The molecule has 1 heterocycles. The van der Waals surface area contributed by atoms with Crippen LogP contribution >= 0.6 is 23.2 Å². The van der Waals surface area contributed by atoms with Crippen molar-refractivity contribution in [1.82, 2.24) is 9.97 Å². The Balaban J connectivity index is 2.21. The van der Waals surface area contributed by atoms with Crippen LogP contribution in [-0.4, -0.2) is 15.8 Å². The van der Waals surface area contributed by atoms with E-state index in [0.717, 1.165) is 5.56 Å². The smallest absolute Gasteiger partial charge is 0.204 e. The van der Waals surface area contributed by atoms with Gasteiger partial charge in [0.2, 0.25) is 5.78 Å². The van der Waals surface area contributed by atoms with Crippen LogP contribution in [0, 0.1) is 6.92 Å². The van der Waals surface area contributed by atoms with Crippen molar-refractivity contribution in [2.45, 2.75) is 13.3 Å². The molecule has 0 amide bonds. The second-order valence-electron chi connectivity index (χ2n) is 3.90. The zero-order chi connectivity index (χ0) is 13.1. The Morgan fingerprint density at radius 2 is 1.89 bits per heavy atom. The fourth-order valence-electron chi connectivity index (χ4n) is 1.47. The van der Waals surface area contributed by atoms with Crippen LogP contribution in [-0.2, 0) is 6.42 Å². The summed E-state index contributed by atoms with van der Waals surface area (Å²) in [7, 11) is 0. The average Bonchev–Trinajstić information content (AvgIpc) is 2.36. The summed E-state index contributed by atoms with van der Waals surface area (Å²) in [5.74, 6) is 0.0100. The molecule has 1 aromatic carbocycles. The summed E-state index contributed by atoms with van der Waals surface area (Å²) in [4.78, 5) is 19.9. The fraction of sp³-hybridized carbons (Fsp3) is 0.154. The number of carbonyl (C=O) groups excluding carboxylic acids is 1. The van der Waals surface area contributed by atoms with E-state index in [4.69, 9.17) is 23.2 Å². The van der Waals surface area contributed by atoms with E-state index in [2.05, 4.69) is 9.97 Å². The van der Waals surface area contributed by atoms with Crippen molar-refractivity contribution in [2.24, 2.45) is 0 Å². The van der Waals surface area contributed by atoms with E-state index >= 15 is 0 Å². The highest BCUT2D eigenvalue weighted by molar-refractivity contribution is 6.42. The quantitative estimate of drug-likeness (QED) is 0.808. The number of nitrogens with zero attached hydrogens (tertiary/aromatic N) is 2. The number of Topliss-reactive ketones (excluding diaryl/α,β-unsaturated/α-hetero) is 1. The van der Waals surface area contributed by atoms with Gasteiger partial charge in [-0.1, -0.05) is 35.3 Å². The van der Waals surface area contributed by atoms with Gasteiger partial charge in [-0.05, 0) is 24.1 Å². The van der Waals surface area contributed by atoms with E-state index in [9.17, 15) is 4.79 Å². The third-order valence-corrected chi connectivity index (χ3v) is 3.27. The van der Waals surface area contributed by atoms with E-state index in [1.807, 2.05) is 6.92 Å². The Morgan fingerprint density at radius 1 is 1.22 bits per heavy atom. The molecule has 3 nitrogen and oxygen atoms in total. The zero-order valence-electron chi connectivity index (χ0n) is 9.65. The molecule has 0 saturated heterocycles. The van der Waals surface area contributed by atoms with Crippen molar-refractivity contribution < 1.29 is 4.79 Å². The third kappa shape index (κ3) is 2.86. The summed E-state index contributed by atoms with van der Waals surface area (Å²) < 4.78 is 0. The minimum atomic E-state index is -0.181. The fourth-order valence-corrected chi connectivity index (χ4v) is 1.86. The summed E-state index contributed by atoms with van der Waals surface area (Å²) in [5.41, 5.74) is 1.59. The number of aryl methyl sites for hydroxylation is 1. The van der Waals surface area contributed by atoms with Gasteiger partial charge in [-0.15, -0.1) is 0 Å². The normalized spacial score (nSPS) is 10.4. The lowest BCUT2D eigenvalue weighted by molar-refractivity contribution is 0.0983. The summed E-state index contributed by atoms with van der Waals surface area (Å²) in [5, 5.41) is 0.839. The molecule has 0 aliphatic heterocycles. The first-order chi connectivity index (χ1) is 8.58. The van der Waals surface area contributed by atoms with Crippen LogP contribution in [0.15, 0.2) is 30.6 Å². The first-order valence-corrected chi connectivity index (χ1v) is 6.08. The van der Waals surface area contributed by atoms with E-state index in [1.165, 1.54) is 0 Å². The van der Waals surface area contributed by atoms with Crippen molar-refractivity contribution in [3.63, 3.8) is 0 Å². The van der Waals surface area contributed by atoms with Crippen LogP contribution in [0.1, 0.15) is 21.7 Å². The standard InChI is InChI=1S/C13H10Cl2N2O/c1-8-6-16-13(17-7-8)11(18)5-9-3-2-4-10(14)12(9)15/h2-4,6-7H,5H2,1H3. The summed E-state index contributed by atoms with van der Waals surface area (Å²) in [6, 6.07) is 5.20. The summed E-state index contributed by atoms with van der Waals surface area (Å²) in [6.07, 6.45) is 3.36. The van der Waals surface area contributed by atoms with Crippen molar-refractivity contribution in [2.75, 3.05) is 0 Å². The van der Waals surface area contributed by atoms with Crippen LogP contribution in [0.2, 0.25) is 10.0 Å². The number of aromatic nitrogens is 2. The lowest BCUT2D eigenvalue weighted by Gasteiger charge is -2.04. The topological polar surface area (TPSA) is 42.9 Å². The van der Waals surface area contributed by atoms with Gasteiger partial charge in [-0.3, -0.25) is 4.79 Å². The van der Waals surface area contributed by atoms with Gasteiger partial charge in [0.25, 0.3) is 0 Å².